The van der Waals surface area contributed by atoms with Gasteiger partial charge in [0.1, 0.15) is 15.9 Å². The Labute approximate surface area is 168 Å². The van der Waals surface area contributed by atoms with Gasteiger partial charge in [-0.15, -0.1) is 0 Å². The Morgan fingerprint density at radius 1 is 1.30 bits per heavy atom. The maximum atomic E-state index is 12.9. The highest BCUT2D eigenvalue weighted by molar-refractivity contribution is 8.26. The first kappa shape index (κ1) is 19.3. The molecule has 138 valence electrons. The zero-order chi connectivity index (χ0) is 19.4. The first-order chi connectivity index (χ1) is 12.9. The van der Waals surface area contributed by atoms with Crippen LogP contribution in [0.15, 0.2) is 47.4 Å². The Hall–Kier alpha value is -2.42. The minimum Gasteiger partial charge on any atom is -0.483 e. The summed E-state index contributed by atoms with van der Waals surface area (Å²) in [5.41, 5.74) is 0.996. The zero-order valence-electron chi connectivity index (χ0n) is 13.6. The van der Waals surface area contributed by atoms with Crippen molar-refractivity contribution in [3.63, 3.8) is 0 Å². The molecule has 2 N–H and O–H groups in total. The van der Waals surface area contributed by atoms with Crippen LogP contribution in [0.25, 0.3) is 6.08 Å². The van der Waals surface area contributed by atoms with Crippen molar-refractivity contribution in [2.24, 2.45) is 0 Å². The summed E-state index contributed by atoms with van der Waals surface area (Å²) in [6.45, 7) is -0.271. The molecule has 2 aromatic rings. The number of ether oxygens (including phenoxy) is 1. The van der Waals surface area contributed by atoms with E-state index < -0.39 is 11.7 Å². The third-order valence-electron chi connectivity index (χ3n) is 3.39. The number of anilines is 1. The lowest BCUT2D eigenvalue weighted by atomic mass is 10.2. The normalized spacial score (nSPS) is 15.0. The van der Waals surface area contributed by atoms with Crippen molar-refractivity contribution in [1.29, 1.82) is 0 Å². The summed E-state index contributed by atoms with van der Waals surface area (Å²) < 4.78 is 18.8. The standard InChI is InChI=1S/C18H12ClFN2O3S2/c19-11-1-6-14(10(7-11)8-15-17(24)22-18(26)27-15)25-9-16(23)21-13-4-2-12(20)3-5-13/h1-8H,9H2,(H,21,23)(H,22,24,26). The van der Waals surface area contributed by atoms with Gasteiger partial charge in [0.15, 0.2) is 6.61 Å². The lowest BCUT2D eigenvalue weighted by Gasteiger charge is -2.10. The summed E-state index contributed by atoms with van der Waals surface area (Å²) >= 11 is 12.1. The second kappa shape index (κ2) is 8.51. The van der Waals surface area contributed by atoms with Gasteiger partial charge >= 0.3 is 0 Å². The van der Waals surface area contributed by atoms with E-state index in [0.29, 0.717) is 31.2 Å². The van der Waals surface area contributed by atoms with Crippen molar-refractivity contribution in [2.45, 2.75) is 0 Å². The Kier molecular flexibility index (Phi) is 6.10. The first-order valence-electron chi connectivity index (χ1n) is 7.63. The summed E-state index contributed by atoms with van der Waals surface area (Å²) in [4.78, 5) is 24.3. The van der Waals surface area contributed by atoms with Crippen LogP contribution in [0.3, 0.4) is 0 Å². The largest absolute Gasteiger partial charge is 0.483 e. The van der Waals surface area contributed by atoms with Crippen molar-refractivity contribution in [3.05, 3.63) is 63.8 Å². The molecule has 0 bridgehead atoms. The van der Waals surface area contributed by atoms with Gasteiger partial charge in [-0.3, -0.25) is 9.59 Å². The van der Waals surface area contributed by atoms with Crippen molar-refractivity contribution in [1.82, 2.24) is 5.32 Å². The number of thioether (sulfide) groups is 1. The van der Waals surface area contributed by atoms with E-state index in [4.69, 9.17) is 28.6 Å². The Morgan fingerprint density at radius 2 is 2.04 bits per heavy atom. The molecule has 0 aliphatic carbocycles. The van der Waals surface area contributed by atoms with Crippen LogP contribution in [-0.4, -0.2) is 22.7 Å². The van der Waals surface area contributed by atoms with Crippen molar-refractivity contribution < 1.29 is 18.7 Å². The molecule has 27 heavy (non-hydrogen) atoms. The van der Waals surface area contributed by atoms with Crippen LogP contribution in [0.1, 0.15) is 5.56 Å². The summed E-state index contributed by atoms with van der Waals surface area (Å²) in [5, 5.41) is 5.58. The van der Waals surface area contributed by atoms with E-state index in [-0.39, 0.29) is 12.5 Å². The second-order valence-electron chi connectivity index (χ2n) is 5.38. The number of thiocarbonyl (C=S) groups is 1. The molecular formula is C18H12ClFN2O3S2. The third-order valence-corrected chi connectivity index (χ3v) is 4.78. The molecule has 1 heterocycles. The molecule has 1 aliphatic heterocycles. The molecule has 5 nitrogen and oxygen atoms in total. The number of halogens is 2. The summed E-state index contributed by atoms with van der Waals surface area (Å²) in [7, 11) is 0. The fraction of sp³-hybridized carbons (Fsp3) is 0.0556. The van der Waals surface area contributed by atoms with Crippen LogP contribution in [0.2, 0.25) is 5.02 Å². The molecule has 0 unspecified atom stereocenters. The quantitative estimate of drug-likeness (QED) is 0.563. The van der Waals surface area contributed by atoms with E-state index in [1.165, 1.54) is 24.3 Å². The molecular weight excluding hydrogens is 411 g/mol. The van der Waals surface area contributed by atoms with Gasteiger partial charge in [-0.2, -0.15) is 0 Å². The van der Waals surface area contributed by atoms with Gasteiger partial charge < -0.3 is 15.4 Å². The Morgan fingerprint density at radius 3 is 2.70 bits per heavy atom. The molecule has 9 heteroatoms. The molecule has 1 saturated heterocycles. The van der Waals surface area contributed by atoms with Crippen LogP contribution < -0.4 is 15.4 Å². The molecule has 1 aliphatic rings. The molecule has 0 atom stereocenters. The average molecular weight is 423 g/mol. The van der Waals surface area contributed by atoms with Crippen molar-refractivity contribution in [3.8, 4) is 5.75 Å². The maximum absolute atomic E-state index is 12.9. The number of carbonyl (C=O) groups excluding carboxylic acids is 2. The highest BCUT2D eigenvalue weighted by Crippen LogP contribution is 2.31. The summed E-state index contributed by atoms with van der Waals surface area (Å²) in [6.07, 6.45) is 1.60. The molecule has 1 fully saturated rings. The predicted octanol–water partition coefficient (Wildman–Crippen LogP) is 3.99. The van der Waals surface area contributed by atoms with Crippen molar-refractivity contribution >= 4 is 63.5 Å². The van der Waals surface area contributed by atoms with Crippen molar-refractivity contribution in [2.75, 3.05) is 11.9 Å². The second-order valence-corrected chi connectivity index (χ2v) is 7.53. The van der Waals surface area contributed by atoms with Gasteiger partial charge in [-0.25, -0.2) is 4.39 Å². The smallest absolute Gasteiger partial charge is 0.263 e. The highest BCUT2D eigenvalue weighted by Gasteiger charge is 2.22. The Balaban J connectivity index is 1.70. The monoisotopic (exact) mass is 422 g/mol. The van der Waals surface area contributed by atoms with Crippen LogP contribution >= 0.6 is 35.6 Å². The number of amides is 2. The average Bonchev–Trinajstić information content (AvgIpc) is 2.93. The lowest BCUT2D eigenvalue weighted by Crippen LogP contribution is -2.20. The zero-order valence-corrected chi connectivity index (χ0v) is 16.0. The highest BCUT2D eigenvalue weighted by atomic mass is 35.5. The van der Waals surface area contributed by atoms with Crippen LogP contribution in [0, 0.1) is 5.82 Å². The Bertz CT molecular complexity index is 948. The van der Waals surface area contributed by atoms with E-state index in [1.807, 2.05) is 0 Å². The van der Waals surface area contributed by atoms with Crippen LogP contribution in [0.4, 0.5) is 10.1 Å². The minimum atomic E-state index is -0.413. The van der Waals surface area contributed by atoms with Gasteiger partial charge in [-0.05, 0) is 48.5 Å². The number of rotatable bonds is 5. The van der Waals surface area contributed by atoms with Gasteiger partial charge in [0.2, 0.25) is 0 Å². The van der Waals surface area contributed by atoms with E-state index in [9.17, 15) is 14.0 Å². The van der Waals surface area contributed by atoms with E-state index in [1.54, 1.807) is 24.3 Å². The number of hydrogen-bond acceptors (Lipinski definition) is 5. The predicted molar refractivity (Wildman–Crippen MR) is 108 cm³/mol. The fourth-order valence-corrected chi connectivity index (χ4v) is 3.42. The van der Waals surface area contributed by atoms with E-state index in [2.05, 4.69) is 10.6 Å². The lowest BCUT2D eigenvalue weighted by molar-refractivity contribution is -0.118. The molecule has 3 rings (SSSR count). The topological polar surface area (TPSA) is 67.4 Å². The molecule has 0 saturated carbocycles. The van der Waals surface area contributed by atoms with Crippen LogP contribution in [-0.2, 0) is 9.59 Å². The first-order valence-corrected chi connectivity index (χ1v) is 9.23. The maximum Gasteiger partial charge on any atom is 0.263 e. The van der Waals surface area contributed by atoms with Gasteiger partial charge in [0, 0.05) is 16.3 Å². The fourth-order valence-electron chi connectivity index (χ4n) is 2.20. The number of hydrogen-bond donors (Lipinski definition) is 2. The number of nitrogens with one attached hydrogen (secondary N) is 2. The molecule has 2 amide bonds. The van der Waals surface area contributed by atoms with Crippen LogP contribution in [0.5, 0.6) is 5.75 Å². The van der Waals surface area contributed by atoms with E-state index in [0.717, 1.165) is 11.8 Å². The number of benzene rings is 2. The third kappa shape index (κ3) is 5.29. The summed E-state index contributed by atoms with van der Waals surface area (Å²) in [5.74, 6) is -0.724. The number of carbonyl (C=O) groups is 2. The van der Waals surface area contributed by atoms with Gasteiger partial charge in [0.05, 0.1) is 4.91 Å². The molecule has 2 aromatic carbocycles. The minimum absolute atomic E-state index is 0.271. The molecule has 0 aromatic heterocycles. The molecule has 0 spiro atoms. The summed E-state index contributed by atoms with van der Waals surface area (Å²) in [6, 6.07) is 10.2. The van der Waals surface area contributed by atoms with Gasteiger partial charge in [0.25, 0.3) is 11.8 Å². The van der Waals surface area contributed by atoms with E-state index >= 15 is 0 Å². The molecule has 0 radical (unpaired) electrons. The van der Waals surface area contributed by atoms with Gasteiger partial charge in [-0.1, -0.05) is 35.6 Å². The SMILES string of the molecule is O=C(COc1ccc(Cl)cc1C=C1SC(=S)NC1=O)Nc1ccc(F)cc1.